The normalized spacial score (nSPS) is 10.6. The molecule has 0 amide bonds. The van der Waals surface area contributed by atoms with E-state index in [0.717, 1.165) is 22.1 Å². The van der Waals surface area contributed by atoms with Crippen molar-refractivity contribution >= 4 is 27.6 Å². The van der Waals surface area contributed by atoms with Crippen LogP contribution in [0.5, 0.6) is 0 Å². The summed E-state index contributed by atoms with van der Waals surface area (Å²) < 4.78 is 7.83. The van der Waals surface area contributed by atoms with E-state index in [4.69, 9.17) is 10.5 Å². The van der Waals surface area contributed by atoms with Gasteiger partial charge in [-0.05, 0) is 31.5 Å². The van der Waals surface area contributed by atoms with Gasteiger partial charge in [-0.2, -0.15) is 5.10 Å². The number of anilines is 1. The van der Waals surface area contributed by atoms with Crippen LogP contribution < -0.4 is 5.73 Å². The zero-order chi connectivity index (χ0) is 14.7. The zero-order valence-corrected chi connectivity index (χ0v) is 13.0. The minimum absolute atomic E-state index is 0.199. The number of halogens is 1. The molecule has 6 heteroatoms. The van der Waals surface area contributed by atoms with Gasteiger partial charge in [0, 0.05) is 28.5 Å². The Balaban J connectivity index is 2.09. The second-order valence-electron chi connectivity index (χ2n) is 4.45. The van der Waals surface area contributed by atoms with E-state index in [9.17, 15) is 4.79 Å². The summed E-state index contributed by atoms with van der Waals surface area (Å²) in [4.78, 5) is 12.1. The minimum atomic E-state index is -0.389. The highest BCUT2D eigenvalue weighted by atomic mass is 79.9. The van der Waals surface area contributed by atoms with E-state index < -0.39 is 0 Å². The lowest BCUT2D eigenvalue weighted by molar-refractivity contribution is 0.0472. The maximum Gasteiger partial charge on any atom is 0.338 e. The van der Waals surface area contributed by atoms with Crippen LogP contribution in [-0.4, -0.2) is 15.7 Å². The van der Waals surface area contributed by atoms with Crippen LogP contribution in [0.15, 0.2) is 29.0 Å². The van der Waals surface area contributed by atoms with Crippen molar-refractivity contribution in [1.82, 2.24) is 9.78 Å². The number of aromatic nitrogens is 2. The first-order valence-electron chi connectivity index (χ1n) is 6.25. The number of carbonyl (C=O) groups excluding carboxylic acids is 1. The minimum Gasteiger partial charge on any atom is -0.457 e. The van der Waals surface area contributed by atoms with Crippen LogP contribution in [0, 0.1) is 6.92 Å². The lowest BCUT2D eigenvalue weighted by Gasteiger charge is -2.09. The van der Waals surface area contributed by atoms with E-state index in [-0.39, 0.29) is 12.6 Å². The number of rotatable bonds is 4. The molecule has 0 aliphatic rings. The molecule has 0 aliphatic heterocycles. The first-order valence-corrected chi connectivity index (χ1v) is 7.04. The molecule has 0 fully saturated rings. The van der Waals surface area contributed by atoms with Crippen molar-refractivity contribution in [3.8, 4) is 0 Å². The maximum absolute atomic E-state index is 12.1. The largest absolute Gasteiger partial charge is 0.457 e. The molecule has 1 heterocycles. The number of nitrogens with zero attached hydrogens (tertiary/aromatic N) is 2. The van der Waals surface area contributed by atoms with Gasteiger partial charge in [-0.25, -0.2) is 4.79 Å². The Morgan fingerprint density at radius 2 is 2.25 bits per heavy atom. The molecule has 2 aromatic rings. The standard InChI is InChI=1S/C14H16BrN3O2/c1-3-18-7-10(6-17-18)8-20-14(19)12-4-11(15)5-13(16)9(12)2/h4-7H,3,8,16H2,1-2H3. The Morgan fingerprint density at radius 1 is 1.50 bits per heavy atom. The van der Waals surface area contributed by atoms with Crippen LogP contribution in [0.25, 0.3) is 0 Å². The lowest BCUT2D eigenvalue weighted by atomic mass is 10.1. The number of esters is 1. The van der Waals surface area contributed by atoms with Crippen molar-refractivity contribution in [1.29, 1.82) is 0 Å². The number of nitrogens with two attached hydrogens (primary N) is 1. The molecule has 2 rings (SSSR count). The molecule has 20 heavy (non-hydrogen) atoms. The molecular formula is C14H16BrN3O2. The first-order chi connectivity index (χ1) is 9.51. The second kappa shape index (κ2) is 6.09. The van der Waals surface area contributed by atoms with Crippen molar-refractivity contribution in [3.05, 3.63) is 45.7 Å². The summed E-state index contributed by atoms with van der Waals surface area (Å²) in [7, 11) is 0. The Hall–Kier alpha value is -1.82. The number of benzene rings is 1. The van der Waals surface area contributed by atoms with Gasteiger partial charge >= 0.3 is 5.97 Å². The Kier molecular flexibility index (Phi) is 4.44. The predicted octanol–water partition coefficient (Wildman–Crippen LogP) is 2.91. The average Bonchev–Trinajstić information content (AvgIpc) is 2.88. The quantitative estimate of drug-likeness (QED) is 0.687. The highest BCUT2D eigenvalue weighted by Crippen LogP contribution is 2.23. The summed E-state index contributed by atoms with van der Waals surface area (Å²) in [6.45, 7) is 4.78. The summed E-state index contributed by atoms with van der Waals surface area (Å²) in [5.74, 6) is -0.389. The average molecular weight is 338 g/mol. The van der Waals surface area contributed by atoms with Gasteiger partial charge in [-0.3, -0.25) is 4.68 Å². The third-order valence-corrected chi connectivity index (χ3v) is 3.47. The van der Waals surface area contributed by atoms with E-state index in [1.54, 1.807) is 29.9 Å². The van der Waals surface area contributed by atoms with Crippen LogP contribution in [0.4, 0.5) is 5.69 Å². The summed E-state index contributed by atoms with van der Waals surface area (Å²) in [6.07, 6.45) is 3.55. The molecular weight excluding hydrogens is 322 g/mol. The third kappa shape index (κ3) is 3.19. The second-order valence-corrected chi connectivity index (χ2v) is 5.36. The summed E-state index contributed by atoms with van der Waals surface area (Å²) in [5, 5.41) is 4.13. The molecule has 0 radical (unpaired) electrons. The van der Waals surface area contributed by atoms with E-state index in [1.807, 2.05) is 13.1 Å². The molecule has 0 unspecified atom stereocenters. The molecule has 0 saturated heterocycles. The number of hydrogen-bond donors (Lipinski definition) is 1. The molecule has 5 nitrogen and oxygen atoms in total. The first kappa shape index (κ1) is 14.6. The SMILES string of the molecule is CCn1cc(COC(=O)c2cc(Br)cc(N)c2C)cn1. The van der Waals surface area contributed by atoms with Gasteiger partial charge in [0.25, 0.3) is 0 Å². The number of hydrogen-bond acceptors (Lipinski definition) is 4. The van der Waals surface area contributed by atoms with Gasteiger partial charge < -0.3 is 10.5 Å². The molecule has 0 spiro atoms. The summed E-state index contributed by atoms with van der Waals surface area (Å²) in [5.41, 5.74) is 8.46. The zero-order valence-electron chi connectivity index (χ0n) is 11.4. The van der Waals surface area contributed by atoms with Gasteiger partial charge in [-0.15, -0.1) is 0 Å². The van der Waals surface area contributed by atoms with Crippen LogP contribution in [0.3, 0.4) is 0 Å². The van der Waals surface area contributed by atoms with Gasteiger partial charge in [0.05, 0.1) is 11.8 Å². The fourth-order valence-corrected chi connectivity index (χ4v) is 2.27. The monoisotopic (exact) mass is 337 g/mol. The van der Waals surface area contributed by atoms with Gasteiger partial charge in [0.15, 0.2) is 0 Å². The van der Waals surface area contributed by atoms with Crippen molar-refractivity contribution in [3.63, 3.8) is 0 Å². The molecule has 0 atom stereocenters. The Bertz CT molecular complexity index is 637. The number of carbonyl (C=O) groups is 1. The van der Waals surface area contributed by atoms with Crippen LogP contribution in [-0.2, 0) is 17.9 Å². The Labute approximate surface area is 125 Å². The Morgan fingerprint density at radius 3 is 2.90 bits per heavy atom. The van der Waals surface area contributed by atoms with Crippen molar-refractivity contribution in [2.75, 3.05) is 5.73 Å². The molecule has 1 aromatic heterocycles. The smallest absolute Gasteiger partial charge is 0.338 e. The highest BCUT2D eigenvalue weighted by Gasteiger charge is 2.14. The van der Waals surface area contributed by atoms with E-state index >= 15 is 0 Å². The van der Waals surface area contributed by atoms with Gasteiger partial charge in [-0.1, -0.05) is 15.9 Å². The van der Waals surface area contributed by atoms with Crippen molar-refractivity contribution < 1.29 is 9.53 Å². The highest BCUT2D eigenvalue weighted by molar-refractivity contribution is 9.10. The molecule has 1 aromatic carbocycles. The fourth-order valence-electron chi connectivity index (χ4n) is 1.79. The molecule has 0 bridgehead atoms. The van der Waals surface area contributed by atoms with Crippen molar-refractivity contribution in [2.45, 2.75) is 27.0 Å². The van der Waals surface area contributed by atoms with Crippen LogP contribution in [0.1, 0.15) is 28.4 Å². The molecule has 0 aliphatic carbocycles. The van der Waals surface area contributed by atoms with E-state index in [0.29, 0.717) is 11.3 Å². The molecule has 0 saturated carbocycles. The van der Waals surface area contributed by atoms with Gasteiger partial charge in [0.2, 0.25) is 0 Å². The fraction of sp³-hybridized carbons (Fsp3) is 0.286. The van der Waals surface area contributed by atoms with Gasteiger partial charge in [0.1, 0.15) is 6.61 Å². The van der Waals surface area contributed by atoms with Crippen LogP contribution in [0.2, 0.25) is 0 Å². The van der Waals surface area contributed by atoms with E-state index in [2.05, 4.69) is 21.0 Å². The molecule has 2 N–H and O–H groups in total. The number of ether oxygens (including phenoxy) is 1. The summed E-state index contributed by atoms with van der Waals surface area (Å²) >= 11 is 3.32. The van der Waals surface area contributed by atoms with E-state index in [1.165, 1.54) is 0 Å². The maximum atomic E-state index is 12.1. The topological polar surface area (TPSA) is 70.1 Å². The third-order valence-electron chi connectivity index (χ3n) is 3.01. The van der Waals surface area contributed by atoms with Crippen LogP contribution >= 0.6 is 15.9 Å². The number of aryl methyl sites for hydroxylation is 1. The predicted molar refractivity (Wildman–Crippen MR) is 80.3 cm³/mol. The number of nitrogen functional groups attached to an aromatic ring is 1. The molecule has 106 valence electrons. The summed E-state index contributed by atoms with van der Waals surface area (Å²) in [6, 6.07) is 3.47. The lowest BCUT2D eigenvalue weighted by Crippen LogP contribution is -2.08. The van der Waals surface area contributed by atoms with Crippen molar-refractivity contribution in [2.24, 2.45) is 0 Å².